The van der Waals surface area contributed by atoms with Crippen LogP contribution < -0.4 is 16.8 Å². The molecule has 0 unspecified atom stereocenters. The SMILES string of the molecule is NC(=O)CN(Cc1ccccc1N)C(=O)NC1CCC1. The van der Waals surface area contributed by atoms with Crippen LogP contribution in [0, 0.1) is 0 Å². The minimum absolute atomic E-state index is 0.118. The number of nitrogens with one attached hydrogen (secondary N) is 1. The normalized spacial score (nSPS) is 14.4. The summed E-state index contributed by atoms with van der Waals surface area (Å²) < 4.78 is 0. The van der Waals surface area contributed by atoms with Gasteiger partial charge in [0.1, 0.15) is 6.54 Å². The van der Waals surface area contributed by atoms with Crippen molar-refractivity contribution in [3.63, 3.8) is 0 Å². The van der Waals surface area contributed by atoms with Gasteiger partial charge in [0, 0.05) is 18.3 Å². The maximum atomic E-state index is 12.2. The number of benzene rings is 1. The summed E-state index contributed by atoms with van der Waals surface area (Å²) in [6, 6.07) is 7.22. The number of urea groups is 1. The van der Waals surface area contributed by atoms with Crippen LogP contribution in [0.4, 0.5) is 10.5 Å². The van der Waals surface area contributed by atoms with Crippen molar-refractivity contribution in [2.24, 2.45) is 5.73 Å². The highest BCUT2D eigenvalue weighted by molar-refractivity contribution is 5.83. The lowest BCUT2D eigenvalue weighted by Crippen LogP contribution is -2.49. The number of primary amides is 1. The van der Waals surface area contributed by atoms with Crippen LogP contribution >= 0.6 is 0 Å². The van der Waals surface area contributed by atoms with E-state index in [2.05, 4.69) is 5.32 Å². The van der Waals surface area contributed by atoms with Crippen LogP contribution in [0.2, 0.25) is 0 Å². The number of nitrogen functional groups attached to an aromatic ring is 1. The molecule has 1 aliphatic rings. The van der Waals surface area contributed by atoms with Crippen molar-refractivity contribution >= 4 is 17.6 Å². The van der Waals surface area contributed by atoms with Gasteiger partial charge in [-0.1, -0.05) is 18.2 Å². The molecule has 0 bridgehead atoms. The molecular formula is C14H20N4O2. The summed E-state index contributed by atoms with van der Waals surface area (Å²) in [4.78, 5) is 24.7. The summed E-state index contributed by atoms with van der Waals surface area (Å²) in [6.45, 7) is 0.154. The second kappa shape index (κ2) is 6.27. The van der Waals surface area contributed by atoms with Crippen LogP contribution in [0.15, 0.2) is 24.3 Å². The van der Waals surface area contributed by atoms with Crippen LogP contribution in [0.1, 0.15) is 24.8 Å². The van der Waals surface area contributed by atoms with Gasteiger partial charge in [-0.25, -0.2) is 4.79 Å². The van der Waals surface area contributed by atoms with Gasteiger partial charge in [-0.05, 0) is 30.9 Å². The number of para-hydroxylation sites is 1. The van der Waals surface area contributed by atoms with Crippen molar-refractivity contribution in [3.05, 3.63) is 29.8 Å². The molecule has 0 aliphatic heterocycles. The van der Waals surface area contributed by atoms with Gasteiger partial charge in [-0.3, -0.25) is 4.79 Å². The zero-order valence-electron chi connectivity index (χ0n) is 11.3. The first kappa shape index (κ1) is 14.2. The fourth-order valence-electron chi connectivity index (χ4n) is 2.09. The summed E-state index contributed by atoms with van der Waals surface area (Å²) in [5.74, 6) is -0.539. The third-order valence-electron chi connectivity index (χ3n) is 3.48. The van der Waals surface area contributed by atoms with E-state index < -0.39 is 5.91 Å². The van der Waals surface area contributed by atoms with E-state index in [4.69, 9.17) is 11.5 Å². The predicted octanol–water partition coefficient (Wildman–Crippen LogP) is 0.818. The van der Waals surface area contributed by atoms with E-state index >= 15 is 0 Å². The molecule has 0 spiro atoms. The lowest BCUT2D eigenvalue weighted by Gasteiger charge is -2.30. The third kappa shape index (κ3) is 3.63. The first-order chi connectivity index (χ1) is 9.56. The average Bonchev–Trinajstić information content (AvgIpc) is 2.35. The van der Waals surface area contributed by atoms with Gasteiger partial charge in [-0.15, -0.1) is 0 Å². The number of rotatable bonds is 5. The molecule has 6 heteroatoms. The molecule has 1 fully saturated rings. The first-order valence-electron chi connectivity index (χ1n) is 6.73. The molecule has 0 atom stereocenters. The average molecular weight is 276 g/mol. The fourth-order valence-corrected chi connectivity index (χ4v) is 2.09. The molecule has 108 valence electrons. The van der Waals surface area contributed by atoms with E-state index in [-0.39, 0.29) is 25.2 Å². The molecule has 1 aliphatic carbocycles. The van der Waals surface area contributed by atoms with Crippen molar-refractivity contribution in [2.45, 2.75) is 31.8 Å². The highest BCUT2D eigenvalue weighted by Gasteiger charge is 2.23. The zero-order valence-corrected chi connectivity index (χ0v) is 11.3. The minimum atomic E-state index is -0.539. The summed E-state index contributed by atoms with van der Waals surface area (Å²) in [6.07, 6.45) is 3.11. The van der Waals surface area contributed by atoms with Gasteiger partial charge in [0.05, 0.1) is 0 Å². The second-order valence-electron chi connectivity index (χ2n) is 5.10. The van der Waals surface area contributed by atoms with Crippen LogP contribution in [-0.2, 0) is 11.3 Å². The Hall–Kier alpha value is -2.24. The van der Waals surface area contributed by atoms with Crippen molar-refractivity contribution in [1.82, 2.24) is 10.2 Å². The highest BCUT2D eigenvalue weighted by Crippen LogP contribution is 2.19. The molecule has 0 heterocycles. The Morgan fingerprint density at radius 1 is 1.30 bits per heavy atom. The van der Waals surface area contributed by atoms with Gasteiger partial charge in [0.15, 0.2) is 0 Å². The van der Waals surface area contributed by atoms with E-state index in [1.165, 1.54) is 4.90 Å². The van der Waals surface area contributed by atoms with E-state index in [0.717, 1.165) is 24.8 Å². The van der Waals surface area contributed by atoms with E-state index in [9.17, 15) is 9.59 Å². The summed E-state index contributed by atoms with van der Waals surface area (Å²) >= 11 is 0. The maximum Gasteiger partial charge on any atom is 0.318 e. The molecule has 0 radical (unpaired) electrons. The monoisotopic (exact) mass is 276 g/mol. The number of nitrogens with zero attached hydrogens (tertiary/aromatic N) is 1. The smallest absolute Gasteiger partial charge is 0.318 e. The quantitative estimate of drug-likeness (QED) is 0.694. The Morgan fingerprint density at radius 3 is 2.55 bits per heavy atom. The molecule has 1 aromatic carbocycles. The molecule has 20 heavy (non-hydrogen) atoms. The Morgan fingerprint density at radius 2 is 2.00 bits per heavy atom. The molecule has 5 N–H and O–H groups in total. The number of amides is 3. The number of hydrogen-bond donors (Lipinski definition) is 3. The summed E-state index contributed by atoms with van der Waals surface area (Å²) in [5, 5.41) is 2.90. The van der Waals surface area contributed by atoms with Crippen LogP contribution in [-0.4, -0.2) is 29.4 Å². The predicted molar refractivity (Wildman–Crippen MR) is 76.6 cm³/mol. The minimum Gasteiger partial charge on any atom is -0.398 e. The van der Waals surface area contributed by atoms with Gasteiger partial charge in [0.2, 0.25) is 5.91 Å². The van der Waals surface area contributed by atoms with Crippen LogP contribution in [0.5, 0.6) is 0 Å². The lowest BCUT2D eigenvalue weighted by molar-refractivity contribution is -0.118. The zero-order chi connectivity index (χ0) is 14.5. The van der Waals surface area contributed by atoms with E-state index in [1.54, 1.807) is 6.07 Å². The molecule has 1 saturated carbocycles. The topological polar surface area (TPSA) is 101 Å². The van der Waals surface area contributed by atoms with Gasteiger partial charge in [0.25, 0.3) is 0 Å². The molecule has 0 aromatic heterocycles. The van der Waals surface area contributed by atoms with Crippen LogP contribution in [0.3, 0.4) is 0 Å². The molecular weight excluding hydrogens is 256 g/mol. The molecule has 0 saturated heterocycles. The summed E-state index contributed by atoms with van der Waals surface area (Å²) in [5.41, 5.74) is 12.5. The standard InChI is InChI=1S/C14H20N4O2/c15-12-7-2-1-4-10(12)8-18(9-13(16)19)14(20)17-11-5-3-6-11/h1-2,4,7,11H,3,5-6,8-9,15H2,(H2,16,19)(H,17,20). The molecule has 2 rings (SSSR count). The Labute approximate surface area is 118 Å². The highest BCUT2D eigenvalue weighted by atomic mass is 16.2. The first-order valence-corrected chi connectivity index (χ1v) is 6.73. The van der Waals surface area contributed by atoms with Crippen molar-refractivity contribution < 1.29 is 9.59 Å². The second-order valence-corrected chi connectivity index (χ2v) is 5.10. The van der Waals surface area contributed by atoms with Crippen LogP contribution in [0.25, 0.3) is 0 Å². The van der Waals surface area contributed by atoms with Gasteiger partial charge in [-0.2, -0.15) is 0 Å². The molecule has 6 nitrogen and oxygen atoms in total. The number of nitrogens with two attached hydrogens (primary N) is 2. The lowest BCUT2D eigenvalue weighted by atomic mass is 9.93. The number of anilines is 1. The Bertz CT molecular complexity index is 500. The van der Waals surface area contributed by atoms with Crippen molar-refractivity contribution in [2.75, 3.05) is 12.3 Å². The summed E-state index contributed by atoms with van der Waals surface area (Å²) in [7, 11) is 0. The van der Waals surface area contributed by atoms with E-state index in [1.807, 2.05) is 18.2 Å². The maximum absolute atomic E-state index is 12.2. The van der Waals surface area contributed by atoms with Crippen molar-refractivity contribution in [1.29, 1.82) is 0 Å². The third-order valence-corrected chi connectivity index (χ3v) is 3.48. The number of hydrogen-bond acceptors (Lipinski definition) is 3. The number of carbonyl (C=O) groups is 2. The molecule has 1 aromatic rings. The van der Waals surface area contributed by atoms with E-state index in [0.29, 0.717) is 5.69 Å². The fraction of sp³-hybridized carbons (Fsp3) is 0.429. The molecule has 3 amide bonds. The number of carbonyl (C=O) groups excluding carboxylic acids is 2. The van der Waals surface area contributed by atoms with Gasteiger partial charge < -0.3 is 21.7 Å². The Kier molecular flexibility index (Phi) is 4.45. The largest absolute Gasteiger partial charge is 0.398 e. The van der Waals surface area contributed by atoms with Gasteiger partial charge >= 0.3 is 6.03 Å². The Balaban J connectivity index is 2.04. The van der Waals surface area contributed by atoms with Crippen molar-refractivity contribution in [3.8, 4) is 0 Å².